The van der Waals surface area contributed by atoms with E-state index >= 15 is 0 Å². The molecular weight excluding hydrogens is 236 g/mol. The number of nitriles is 1. The Morgan fingerprint density at radius 1 is 1.61 bits per heavy atom. The molecule has 96 valence electrons. The van der Waals surface area contributed by atoms with E-state index in [1.165, 1.54) is 10.6 Å². The molecule has 1 heterocycles. The average Bonchev–Trinajstić information content (AvgIpc) is 2.66. The summed E-state index contributed by atoms with van der Waals surface area (Å²) in [7, 11) is 1.65. The molecule has 0 radical (unpaired) electrons. The zero-order valence-corrected chi connectivity index (χ0v) is 9.97. The van der Waals surface area contributed by atoms with E-state index in [0.717, 1.165) is 0 Å². The Morgan fingerprint density at radius 3 is 2.89 bits per heavy atom. The Morgan fingerprint density at radius 2 is 2.33 bits per heavy atom. The van der Waals surface area contributed by atoms with Crippen LogP contribution in [-0.4, -0.2) is 29.6 Å². The molecule has 0 bridgehead atoms. The normalized spacial score (nSPS) is 9.56. The van der Waals surface area contributed by atoms with E-state index in [2.05, 4.69) is 5.32 Å². The Balaban J connectivity index is 2.40. The number of rotatable bonds is 5. The van der Waals surface area contributed by atoms with Gasteiger partial charge in [-0.3, -0.25) is 4.79 Å². The standard InChI is InChI=1S/C11H14N4O3/c1-15-6-8(13)5-9(15)11(17)18-7-10(16)14-4-2-3-12/h5-6H,2,4,7,13H2,1H3,(H,14,16). The van der Waals surface area contributed by atoms with Gasteiger partial charge >= 0.3 is 5.97 Å². The summed E-state index contributed by atoms with van der Waals surface area (Å²) in [4.78, 5) is 22.8. The van der Waals surface area contributed by atoms with Crippen LogP contribution >= 0.6 is 0 Å². The number of carbonyl (C=O) groups excluding carboxylic acids is 2. The predicted octanol–water partition coefficient (Wildman–Crippen LogP) is -0.206. The molecule has 0 aliphatic rings. The molecule has 0 aliphatic heterocycles. The largest absolute Gasteiger partial charge is 0.451 e. The molecule has 0 spiro atoms. The van der Waals surface area contributed by atoms with E-state index < -0.39 is 11.9 Å². The highest BCUT2D eigenvalue weighted by atomic mass is 16.5. The van der Waals surface area contributed by atoms with Crippen molar-refractivity contribution in [3.8, 4) is 6.07 Å². The Bertz CT molecular complexity index is 487. The SMILES string of the molecule is Cn1cc(N)cc1C(=O)OCC(=O)NCCC#N. The van der Waals surface area contributed by atoms with E-state index in [-0.39, 0.29) is 25.3 Å². The maximum atomic E-state index is 11.6. The van der Waals surface area contributed by atoms with Gasteiger partial charge in [-0.05, 0) is 6.07 Å². The highest BCUT2D eigenvalue weighted by Crippen LogP contribution is 2.09. The molecule has 0 unspecified atom stereocenters. The lowest BCUT2D eigenvalue weighted by atomic mass is 10.4. The first kappa shape index (κ1) is 13.6. The van der Waals surface area contributed by atoms with Crippen LogP contribution in [0.4, 0.5) is 5.69 Å². The van der Waals surface area contributed by atoms with E-state index in [1.54, 1.807) is 13.2 Å². The second kappa shape index (κ2) is 6.30. The molecule has 1 rings (SSSR count). The number of aromatic nitrogens is 1. The molecule has 1 aromatic heterocycles. The minimum Gasteiger partial charge on any atom is -0.451 e. The van der Waals surface area contributed by atoms with E-state index in [0.29, 0.717) is 5.69 Å². The molecule has 1 amide bonds. The van der Waals surface area contributed by atoms with Crippen molar-refractivity contribution in [1.29, 1.82) is 5.26 Å². The summed E-state index contributed by atoms with van der Waals surface area (Å²) >= 11 is 0. The van der Waals surface area contributed by atoms with Crippen LogP contribution in [0.25, 0.3) is 0 Å². The number of hydrogen-bond donors (Lipinski definition) is 2. The fourth-order valence-electron chi connectivity index (χ4n) is 1.31. The summed E-state index contributed by atoms with van der Waals surface area (Å²) in [6.07, 6.45) is 1.79. The lowest BCUT2D eigenvalue weighted by Crippen LogP contribution is -2.29. The number of hydrogen-bond acceptors (Lipinski definition) is 5. The lowest BCUT2D eigenvalue weighted by Gasteiger charge is -2.05. The number of aryl methyl sites for hydroxylation is 1. The quantitative estimate of drug-likeness (QED) is 0.555. The summed E-state index contributed by atoms with van der Waals surface area (Å²) in [5, 5.41) is 10.7. The predicted molar refractivity (Wildman–Crippen MR) is 63.3 cm³/mol. The Hall–Kier alpha value is -2.49. The molecule has 0 saturated carbocycles. The number of nitrogen functional groups attached to an aromatic ring is 1. The van der Waals surface area contributed by atoms with Crippen molar-refractivity contribution < 1.29 is 14.3 Å². The topological polar surface area (TPSA) is 110 Å². The summed E-state index contributed by atoms with van der Waals surface area (Å²) in [5.41, 5.74) is 6.24. The highest BCUT2D eigenvalue weighted by molar-refractivity contribution is 5.91. The van der Waals surface area contributed by atoms with Crippen molar-refractivity contribution in [3.63, 3.8) is 0 Å². The van der Waals surface area contributed by atoms with Crippen molar-refractivity contribution in [2.45, 2.75) is 6.42 Å². The maximum absolute atomic E-state index is 11.6. The minimum absolute atomic E-state index is 0.216. The van der Waals surface area contributed by atoms with Crippen LogP contribution in [0.2, 0.25) is 0 Å². The average molecular weight is 250 g/mol. The van der Waals surface area contributed by atoms with E-state index in [1.807, 2.05) is 6.07 Å². The van der Waals surface area contributed by atoms with Crippen LogP contribution in [-0.2, 0) is 16.6 Å². The second-order valence-corrected chi connectivity index (χ2v) is 3.60. The number of nitrogens with two attached hydrogens (primary N) is 1. The Kier molecular flexibility index (Phi) is 4.75. The minimum atomic E-state index is -0.621. The molecule has 0 aliphatic carbocycles. The van der Waals surface area contributed by atoms with Gasteiger partial charge in [0.25, 0.3) is 5.91 Å². The smallest absolute Gasteiger partial charge is 0.355 e. The number of nitrogens with one attached hydrogen (secondary N) is 1. The first-order valence-corrected chi connectivity index (χ1v) is 5.27. The summed E-state index contributed by atoms with van der Waals surface area (Å²) < 4.78 is 6.32. The number of esters is 1. The zero-order valence-electron chi connectivity index (χ0n) is 9.97. The van der Waals surface area contributed by atoms with Crippen molar-refractivity contribution in [2.24, 2.45) is 7.05 Å². The van der Waals surface area contributed by atoms with Gasteiger partial charge in [0.15, 0.2) is 6.61 Å². The first-order chi connectivity index (χ1) is 8.54. The fraction of sp³-hybridized carbons (Fsp3) is 0.364. The number of anilines is 1. The van der Waals surface area contributed by atoms with Gasteiger partial charge in [-0.25, -0.2) is 4.79 Å². The number of amides is 1. The van der Waals surface area contributed by atoms with Crippen LogP contribution in [0.3, 0.4) is 0 Å². The second-order valence-electron chi connectivity index (χ2n) is 3.60. The van der Waals surface area contributed by atoms with Crippen LogP contribution < -0.4 is 11.1 Å². The van der Waals surface area contributed by atoms with Crippen molar-refractivity contribution >= 4 is 17.6 Å². The first-order valence-electron chi connectivity index (χ1n) is 5.27. The third-order valence-corrected chi connectivity index (χ3v) is 2.13. The zero-order chi connectivity index (χ0) is 13.5. The van der Waals surface area contributed by atoms with E-state index in [9.17, 15) is 9.59 Å². The van der Waals surface area contributed by atoms with Crippen molar-refractivity contribution in [2.75, 3.05) is 18.9 Å². The van der Waals surface area contributed by atoms with Gasteiger partial charge in [0.2, 0.25) is 0 Å². The van der Waals surface area contributed by atoms with E-state index in [4.69, 9.17) is 15.7 Å². The summed E-state index contributed by atoms with van der Waals surface area (Å²) in [6.45, 7) is -0.140. The molecule has 1 aromatic rings. The Labute approximate surface area is 104 Å². The van der Waals surface area contributed by atoms with Gasteiger partial charge in [0, 0.05) is 19.8 Å². The summed E-state index contributed by atoms with van der Waals surface area (Å²) in [5.74, 6) is -1.06. The van der Waals surface area contributed by atoms with Crippen LogP contribution in [0.15, 0.2) is 12.3 Å². The third-order valence-electron chi connectivity index (χ3n) is 2.13. The third kappa shape index (κ3) is 3.83. The van der Waals surface area contributed by atoms with Gasteiger partial charge in [0.05, 0.1) is 18.2 Å². The number of carbonyl (C=O) groups is 2. The van der Waals surface area contributed by atoms with Crippen LogP contribution in [0.5, 0.6) is 0 Å². The molecule has 0 fully saturated rings. The van der Waals surface area contributed by atoms with Gasteiger partial charge in [0.1, 0.15) is 5.69 Å². The molecular formula is C11H14N4O3. The number of nitrogens with zero attached hydrogens (tertiary/aromatic N) is 2. The monoisotopic (exact) mass is 250 g/mol. The maximum Gasteiger partial charge on any atom is 0.355 e. The van der Waals surface area contributed by atoms with Gasteiger partial charge in [-0.2, -0.15) is 5.26 Å². The highest BCUT2D eigenvalue weighted by Gasteiger charge is 2.13. The fourth-order valence-corrected chi connectivity index (χ4v) is 1.31. The summed E-state index contributed by atoms with van der Waals surface area (Å²) in [6, 6.07) is 3.35. The molecule has 7 heteroatoms. The van der Waals surface area contributed by atoms with Gasteiger partial charge in [-0.15, -0.1) is 0 Å². The molecule has 3 N–H and O–H groups in total. The molecule has 7 nitrogen and oxygen atoms in total. The van der Waals surface area contributed by atoms with Crippen LogP contribution in [0, 0.1) is 11.3 Å². The van der Waals surface area contributed by atoms with Gasteiger partial charge < -0.3 is 20.4 Å². The van der Waals surface area contributed by atoms with Crippen LogP contribution in [0.1, 0.15) is 16.9 Å². The molecule has 0 saturated heterocycles. The molecule has 18 heavy (non-hydrogen) atoms. The molecule has 0 aromatic carbocycles. The van der Waals surface area contributed by atoms with Crippen molar-refractivity contribution in [3.05, 3.63) is 18.0 Å². The number of ether oxygens (including phenoxy) is 1. The van der Waals surface area contributed by atoms with Gasteiger partial charge in [-0.1, -0.05) is 0 Å². The van der Waals surface area contributed by atoms with Crippen molar-refractivity contribution in [1.82, 2.24) is 9.88 Å². The molecule has 0 atom stereocenters. The lowest BCUT2D eigenvalue weighted by molar-refractivity contribution is -0.124.